The lowest BCUT2D eigenvalue weighted by molar-refractivity contribution is 0.276. The maximum atomic E-state index is 9.40. The summed E-state index contributed by atoms with van der Waals surface area (Å²) in [6, 6.07) is 7.74. The molecule has 0 radical (unpaired) electrons. The Morgan fingerprint density at radius 3 is 2.43 bits per heavy atom. The minimum atomic E-state index is 0. The Morgan fingerprint density at radius 2 is 1.83 bits per heavy atom. The second-order valence-corrected chi connectivity index (χ2v) is 6.89. The van der Waals surface area contributed by atoms with Crippen molar-refractivity contribution < 1.29 is 14.6 Å². The molecule has 164 valence electrons. The van der Waals surface area contributed by atoms with Crippen molar-refractivity contribution in [3.8, 4) is 11.5 Å². The molecule has 0 saturated carbocycles. The number of nitrogens with two attached hydrogens (primary N) is 1. The quantitative estimate of drug-likeness (QED) is 0.451. The highest BCUT2D eigenvalue weighted by Crippen LogP contribution is 2.32. The average Bonchev–Trinajstić information content (AvgIpc) is 3.11. The van der Waals surface area contributed by atoms with Crippen molar-refractivity contribution in [3.05, 3.63) is 36.0 Å². The highest BCUT2D eigenvalue weighted by atomic mass is 32.1. The summed E-state index contributed by atoms with van der Waals surface area (Å²) in [5.74, 6) is 2.38. The van der Waals surface area contributed by atoms with Crippen LogP contribution in [-0.4, -0.2) is 46.5 Å². The van der Waals surface area contributed by atoms with Gasteiger partial charge in [0.05, 0.1) is 31.8 Å². The number of anilines is 2. The van der Waals surface area contributed by atoms with Crippen molar-refractivity contribution in [2.75, 3.05) is 31.9 Å². The predicted molar refractivity (Wildman–Crippen MR) is 125 cm³/mol. The van der Waals surface area contributed by atoms with Crippen molar-refractivity contribution in [1.82, 2.24) is 14.5 Å². The minimum Gasteiger partial charge on any atom is -0.496 e. The van der Waals surface area contributed by atoms with Gasteiger partial charge in [-0.1, -0.05) is 19.4 Å². The van der Waals surface area contributed by atoms with E-state index < -0.39 is 0 Å². The summed E-state index contributed by atoms with van der Waals surface area (Å²) in [5, 5.41) is 12.9. The second-order valence-electron chi connectivity index (χ2n) is 6.89. The van der Waals surface area contributed by atoms with Gasteiger partial charge in [-0.3, -0.25) is 0 Å². The summed E-state index contributed by atoms with van der Waals surface area (Å²) in [6.45, 7) is 2.75. The fourth-order valence-corrected chi connectivity index (χ4v) is 3.60. The molecule has 0 unspecified atom stereocenters. The van der Waals surface area contributed by atoms with Crippen LogP contribution in [0.1, 0.15) is 31.7 Å². The smallest absolute Gasteiger partial charge is 0.222 e. The first kappa shape index (κ1) is 23.6. The lowest BCUT2D eigenvalue weighted by Gasteiger charge is -2.20. The summed E-state index contributed by atoms with van der Waals surface area (Å²) in [7, 11) is 3.29. The number of rotatable bonds is 10. The molecule has 2 heterocycles. The lowest BCUT2D eigenvalue weighted by atomic mass is 10.1. The van der Waals surface area contributed by atoms with Crippen LogP contribution in [0, 0.1) is 0 Å². The Labute approximate surface area is 183 Å². The predicted octanol–water partition coefficient (Wildman–Crippen LogP) is 3.15. The van der Waals surface area contributed by atoms with Crippen LogP contribution in [0.15, 0.2) is 30.5 Å². The van der Waals surface area contributed by atoms with Crippen LogP contribution in [0.25, 0.3) is 11.0 Å². The molecule has 0 aliphatic rings. The van der Waals surface area contributed by atoms with Crippen molar-refractivity contribution in [2.24, 2.45) is 0 Å². The van der Waals surface area contributed by atoms with Gasteiger partial charge in [-0.25, -0.2) is 4.98 Å². The van der Waals surface area contributed by atoms with Crippen molar-refractivity contribution >= 4 is 36.3 Å². The van der Waals surface area contributed by atoms with Crippen molar-refractivity contribution in [1.29, 1.82) is 0 Å². The number of nitrogens with zero attached hydrogens (tertiary/aromatic N) is 3. The highest BCUT2D eigenvalue weighted by Gasteiger charge is 2.17. The molecule has 8 nitrogen and oxygen atoms in total. The van der Waals surface area contributed by atoms with Crippen LogP contribution in [0.2, 0.25) is 0 Å². The molecule has 3 rings (SSSR count). The van der Waals surface area contributed by atoms with Gasteiger partial charge in [-0.05, 0) is 31.0 Å². The normalized spacial score (nSPS) is 11.7. The third kappa shape index (κ3) is 5.09. The van der Waals surface area contributed by atoms with Gasteiger partial charge >= 0.3 is 0 Å². The van der Waals surface area contributed by atoms with Crippen molar-refractivity contribution in [3.63, 3.8) is 0 Å². The number of ether oxygens (including phenoxy) is 2. The molecule has 0 bridgehead atoms. The maximum absolute atomic E-state index is 9.40. The van der Waals surface area contributed by atoms with Crippen LogP contribution in [-0.2, 0) is 6.54 Å². The zero-order chi connectivity index (χ0) is 20.8. The Bertz CT molecular complexity index is 935. The molecule has 0 aliphatic carbocycles. The van der Waals surface area contributed by atoms with Gasteiger partial charge in [0.2, 0.25) is 5.95 Å². The standard InChI is InChI=1S/C21H29N5O3.H2S/c1-4-6-14(10-12-27)23-20-19-16(24-21(22)25-20)9-11-26(19)13-15-17(28-2)7-5-8-18(15)29-3;/h5,7-9,11,14,27H,4,6,10,12-13H2,1-3H3,(H3,22,23,24,25);1H2/t14-;/m0./s1. The molecule has 0 amide bonds. The van der Waals surface area contributed by atoms with Gasteiger partial charge in [0, 0.05) is 18.8 Å². The van der Waals surface area contributed by atoms with Gasteiger partial charge in [-0.2, -0.15) is 18.5 Å². The zero-order valence-corrected chi connectivity index (χ0v) is 18.7. The van der Waals surface area contributed by atoms with E-state index in [2.05, 4.69) is 26.8 Å². The minimum absolute atomic E-state index is 0. The van der Waals surface area contributed by atoms with Gasteiger partial charge in [0.15, 0.2) is 5.82 Å². The van der Waals surface area contributed by atoms with E-state index in [0.29, 0.717) is 18.8 Å². The molecule has 9 heteroatoms. The zero-order valence-electron chi connectivity index (χ0n) is 17.7. The number of fused-ring (bicyclic) bond motifs is 1. The van der Waals surface area contributed by atoms with Gasteiger partial charge in [0.25, 0.3) is 0 Å². The third-order valence-corrected chi connectivity index (χ3v) is 4.94. The van der Waals surface area contributed by atoms with Gasteiger partial charge in [-0.15, -0.1) is 0 Å². The highest BCUT2D eigenvalue weighted by molar-refractivity contribution is 7.59. The van der Waals surface area contributed by atoms with E-state index in [1.54, 1.807) is 14.2 Å². The molecule has 0 fully saturated rings. The second kappa shape index (κ2) is 10.9. The molecular formula is C21H31N5O3S. The molecule has 0 spiro atoms. The molecule has 0 aliphatic heterocycles. The van der Waals surface area contributed by atoms with Crippen LogP contribution in [0.5, 0.6) is 11.5 Å². The number of nitrogens with one attached hydrogen (secondary N) is 1. The molecule has 0 saturated heterocycles. The van der Waals surface area contributed by atoms with E-state index in [-0.39, 0.29) is 32.1 Å². The molecule has 1 atom stereocenters. The van der Waals surface area contributed by atoms with E-state index in [9.17, 15) is 5.11 Å². The Morgan fingerprint density at radius 1 is 1.13 bits per heavy atom. The summed E-state index contributed by atoms with van der Waals surface area (Å²) in [6.07, 6.45) is 4.52. The van der Waals surface area contributed by atoms with Crippen LogP contribution >= 0.6 is 13.5 Å². The molecular weight excluding hydrogens is 402 g/mol. The average molecular weight is 434 g/mol. The molecule has 4 N–H and O–H groups in total. The number of nitrogen functional groups attached to an aromatic ring is 1. The monoisotopic (exact) mass is 433 g/mol. The summed E-state index contributed by atoms with van der Waals surface area (Å²) in [5.41, 5.74) is 8.48. The van der Waals surface area contributed by atoms with Gasteiger partial charge < -0.3 is 30.2 Å². The first-order valence-electron chi connectivity index (χ1n) is 9.80. The van der Waals surface area contributed by atoms with Gasteiger partial charge in [0.1, 0.15) is 17.0 Å². The number of benzene rings is 1. The fraction of sp³-hybridized carbons (Fsp3) is 0.429. The number of aromatic nitrogens is 3. The number of aliphatic hydroxyl groups is 1. The first-order valence-corrected chi connectivity index (χ1v) is 9.80. The Balaban J connectivity index is 0.00000320. The van der Waals surface area contributed by atoms with E-state index >= 15 is 0 Å². The van der Waals surface area contributed by atoms with Crippen LogP contribution in [0.3, 0.4) is 0 Å². The summed E-state index contributed by atoms with van der Waals surface area (Å²) < 4.78 is 13.1. The fourth-order valence-electron chi connectivity index (χ4n) is 3.60. The number of aliphatic hydroxyl groups excluding tert-OH is 1. The van der Waals surface area contributed by atoms with E-state index in [1.165, 1.54) is 0 Å². The third-order valence-electron chi connectivity index (χ3n) is 4.94. The first-order chi connectivity index (χ1) is 14.1. The Hall–Kier alpha value is -2.65. The summed E-state index contributed by atoms with van der Waals surface area (Å²) in [4.78, 5) is 8.83. The van der Waals surface area contributed by atoms with Crippen molar-refractivity contribution in [2.45, 2.75) is 38.8 Å². The number of hydrogen-bond acceptors (Lipinski definition) is 7. The largest absolute Gasteiger partial charge is 0.496 e. The Kier molecular flexibility index (Phi) is 8.61. The van der Waals surface area contributed by atoms with E-state index in [1.807, 2.05) is 30.5 Å². The maximum Gasteiger partial charge on any atom is 0.222 e. The van der Waals surface area contributed by atoms with Crippen LogP contribution in [0.4, 0.5) is 11.8 Å². The summed E-state index contributed by atoms with van der Waals surface area (Å²) >= 11 is 0. The van der Waals surface area contributed by atoms with E-state index in [4.69, 9.17) is 15.2 Å². The van der Waals surface area contributed by atoms with Crippen LogP contribution < -0.4 is 20.5 Å². The number of methoxy groups -OCH3 is 2. The number of hydrogen-bond donors (Lipinski definition) is 3. The van der Waals surface area contributed by atoms with E-state index in [0.717, 1.165) is 40.9 Å². The lowest BCUT2D eigenvalue weighted by Crippen LogP contribution is -2.22. The molecule has 30 heavy (non-hydrogen) atoms. The molecule has 3 aromatic rings. The molecule has 1 aromatic carbocycles. The molecule has 2 aromatic heterocycles. The SMILES string of the molecule is CCC[C@@H](CCO)Nc1nc(N)nc2ccn(Cc3c(OC)cccc3OC)c12.S. The topological polar surface area (TPSA) is 107 Å².